The van der Waals surface area contributed by atoms with Crippen molar-refractivity contribution < 1.29 is 8.42 Å². The minimum atomic E-state index is -3.44. The van der Waals surface area contributed by atoms with Crippen molar-refractivity contribution in [3.05, 3.63) is 52.2 Å². The predicted octanol–water partition coefficient (Wildman–Crippen LogP) is 2.03. The fraction of sp³-hybridized carbons (Fsp3) is 0.231. The van der Waals surface area contributed by atoms with Gasteiger partial charge in [0.05, 0.1) is 4.90 Å². The van der Waals surface area contributed by atoms with Crippen LogP contribution in [0.1, 0.15) is 11.1 Å². The molecule has 4 nitrogen and oxygen atoms in total. The lowest BCUT2D eigenvalue weighted by Gasteiger charge is -2.16. The van der Waals surface area contributed by atoms with Crippen molar-refractivity contribution >= 4 is 21.4 Å². The van der Waals surface area contributed by atoms with Gasteiger partial charge in [0.2, 0.25) is 10.0 Å². The maximum atomic E-state index is 12.4. The maximum Gasteiger partial charge on any atom is 0.243 e. The molecule has 0 aliphatic heterocycles. The summed E-state index contributed by atoms with van der Waals surface area (Å²) in [6.45, 7) is 0.787. The van der Waals surface area contributed by atoms with Crippen LogP contribution in [0.2, 0.25) is 0 Å². The van der Waals surface area contributed by atoms with E-state index in [0.717, 1.165) is 11.1 Å². The molecule has 2 aromatic rings. The molecule has 1 aromatic heterocycles. The largest absolute Gasteiger partial charge is 0.326 e. The predicted molar refractivity (Wildman–Crippen MR) is 77.3 cm³/mol. The van der Waals surface area contributed by atoms with Crippen LogP contribution in [0, 0.1) is 0 Å². The number of thiophene rings is 1. The van der Waals surface area contributed by atoms with Gasteiger partial charge < -0.3 is 5.73 Å². The number of hydrogen-bond donors (Lipinski definition) is 1. The molecule has 0 aliphatic carbocycles. The molecule has 1 heterocycles. The number of benzene rings is 1. The highest BCUT2D eigenvalue weighted by atomic mass is 32.2. The van der Waals surface area contributed by atoms with Crippen LogP contribution in [0.25, 0.3) is 0 Å². The van der Waals surface area contributed by atoms with Gasteiger partial charge in [-0.25, -0.2) is 8.42 Å². The molecule has 0 fully saturated rings. The van der Waals surface area contributed by atoms with E-state index in [0.29, 0.717) is 18.0 Å². The molecule has 2 N–H and O–H groups in total. The number of nitrogens with zero attached hydrogens (tertiary/aromatic N) is 1. The van der Waals surface area contributed by atoms with Gasteiger partial charge in [-0.2, -0.15) is 15.6 Å². The summed E-state index contributed by atoms with van der Waals surface area (Å²) >= 11 is 1.56. The Morgan fingerprint density at radius 2 is 1.84 bits per heavy atom. The summed E-state index contributed by atoms with van der Waals surface area (Å²) in [5, 5.41) is 3.88. The van der Waals surface area contributed by atoms with Crippen LogP contribution in [-0.2, 0) is 23.1 Å². The van der Waals surface area contributed by atoms with Crippen LogP contribution in [0.15, 0.2) is 46.0 Å². The van der Waals surface area contributed by atoms with Crippen LogP contribution in [0.5, 0.6) is 0 Å². The Balaban J connectivity index is 2.20. The molecule has 0 atom stereocenters. The molecule has 0 unspecified atom stereocenters. The second kappa shape index (κ2) is 5.83. The zero-order valence-electron chi connectivity index (χ0n) is 10.6. The van der Waals surface area contributed by atoms with Gasteiger partial charge in [-0.3, -0.25) is 0 Å². The van der Waals surface area contributed by atoms with Crippen molar-refractivity contribution in [2.24, 2.45) is 5.73 Å². The number of sulfonamides is 1. The fourth-order valence-corrected chi connectivity index (χ4v) is 3.52. The minimum Gasteiger partial charge on any atom is -0.326 e. The first-order valence-corrected chi connectivity index (χ1v) is 8.19. The number of nitrogens with two attached hydrogens (primary N) is 1. The van der Waals surface area contributed by atoms with Crippen molar-refractivity contribution in [3.63, 3.8) is 0 Å². The van der Waals surface area contributed by atoms with Crippen molar-refractivity contribution in [3.8, 4) is 0 Å². The van der Waals surface area contributed by atoms with Crippen molar-refractivity contribution in [1.82, 2.24) is 4.31 Å². The minimum absolute atomic E-state index is 0.294. The lowest BCUT2D eigenvalue weighted by molar-refractivity contribution is 0.467. The van der Waals surface area contributed by atoms with Gasteiger partial charge in [-0.15, -0.1) is 0 Å². The Kier molecular flexibility index (Phi) is 4.36. The summed E-state index contributed by atoms with van der Waals surface area (Å²) in [5.41, 5.74) is 7.41. The molecule has 0 amide bonds. The maximum absolute atomic E-state index is 12.4. The van der Waals surface area contributed by atoms with E-state index >= 15 is 0 Å². The molecule has 6 heteroatoms. The van der Waals surface area contributed by atoms with E-state index in [2.05, 4.69) is 0 Å². The third kappa shape index (κ3) is 3.22. The Hall–Kier alpha value is -1.21. The summed E-state index contributed by atoms with van der Waals surface area (Å²) in [5.74, 6) is 0. The molecule has 0 aliphatic rings. The van der Waals surface area contributed by atoms with Crippen molar-refractivity contribution in [1.29, 1.82) is 0 Å². The zero-order chi connectivity index (χ0) is 13.9. The molecular formula is C13H16N2O2S2. The topological polar surface area (TPSA) is 63.4 Å². The van der Waals surface area contributed by atoms with E-state index in [4.69, 9.17) is 5.73 Å². The summed E-state index contributed by atoms with van der Waals surface area (Å²) in [7, 11) is -1.86. The normalized spacial score (nSPS) is 11.9. The van der Waals surface area contributed by atoms with Gasteiger partial charge in [0.15, 0.2) is 0 Å². The number of hydrogen-bond acceptors (Lipinski definition) is 4. The lowest BCUT2D eigenvalue weighted by atomic mass is 10.2. The molecule has 0 saturated heterocycles. The number of rotatable bonds is 5. The first kappa shape index (κ1) is 14.2. The van der Waals surface area contributed by atoms with Crippen molar-refractivity contribution in [2.45, 2.75) is 18.0 Å². The summed E-state index contributed by atoms with van der Waals surface area (Å²) in [4.78, 5) is 0.294. The van der Waals surface area contributed by atoms with E-state index in [-0.39, 0.29) is 0 Å². The van der Waals surface area contributed by atoms with Crippen LogP contribution < -0.4 is 5.73 Å². The first-order chi connectivity index (χ1) is 9.04. The average Bonchev–Trinajstić information content (AvgIpc) is 2.91. The highest BCUT2D eigenvalue weighted by Gasteiger charge is 2.20. The second-order valence-corrected chi connectivity index (χ2v) is 7.07. The SMILES string of the molecule is CN(Cc1ccsc1)S(=O)(=O)c1ccc(CN)cc1. The monoisotopic (exact) mass is 296 g/mol. The molecule has 0 spiro atoms. The molecule has 102 valence electrons. The van der Waals surface area contributed by atoms with Gasteiger partial charge >= 0.3 is 0 Å². The molecule has 19 heavy (non-hydrogen) atoms. The molecule has 1 aromatic carbocycles. The third-order valence-electron chi connectivity index (χ3n) is 2.85. The van der Waals surface area contributed by atoms with Gasteiger partial charge in [0.25, 0.3) is 0 Å². The van der Waals surface area contributed by atoms with Crippen LogP contribution in [0.4, 0.5) is 0 Å². The lowest BCUT2D eigenvalue weighted by Crippen LogP contribution is -2.26. The molecule has 0 saturated carbocycles. The van der Waals surface area contributed by atoms with Crippen LogP contribution in [0.3, 0.4) is 0 Å². The Morgan fingerprint density at radius 1 is 1.16 bits per heavy atom. The van der Waals surface area contributed by atoms with E-state index in [1.807, 2.05) is 16.8 Å². The zero-order valence-corrected chi connectivity index (χ0v) is 12.2. The second-order valence-electron chi connectivity index (χ2n) is 4.24. The fourth-order valence-electron chi connectivity index (χ4n) is 1.70. The third-order valence-corrected chi connectivity index (χ3v) is 5.40. The van der Waals surface area contributed by atoms with Gasteiger partial charge in [0, 0.05) is 20.1 Å². The van der Waals surface area contributed by atoms with E-state index in [1.165, 1.54) is 4.31 Å². The highest BCUT2D eigenvalue weighted by Crippen LogP contribution is 2.18. The van der Waals surface area contributed by atoms with E-state index in [1.54, 1.807) is 42.6 Å². The molecule has 0 radical (unpaired) electrons. The van der Waals surface area contributed by atoms with Crippen LogP contribution in [-0.4, -0.2) is 19.8 Å². The summed E-state index contributed by atoms with van der Waals surface area (Å²) < 4.78 is 26.1. The standard InChI is InChI=1S/C13H16N2O2S2/c1-15(9-12-6-7-18-10-12)19(16,17)13-4-2-11(8-14)3-5-13/h2-7,10H,8-9,14H2,1H3. The van der Waals surface area contributed by atoms with Crippen molar-refractivity contribution in [2.75, 3.05) is 7.05 Å². The van der Waals surface area contributed by atoms with Gasteiger partial charge in [0.1, 0.15) is 0 Å². The summed E-state index contributed by atoms with van der Waals surface area (Å²) in [6, 6.07) is 8.61. The average molecular weight is 296 g/mol. The Labute approximate surface area is 117 Å². The smallest absolute Gasteiger partial charge is 0.243 e. The molecule has 2 rings (SSSR count). The Morgan fingerprint density at radius 3 is 2.37 bits per heavy atom. The van der Waals surface area contributed by atoms with Crippen LogP contribution >= 0.6 is 11.3 Å². The first-order valence-electron chi connectivity index (χ1n) is 5.80. The van der Waals surface area contributed by atoms with Gasteiger partial charge in [-0.05, 0) is 40.1 Å². The van der Waals surface area contributed by atoms with E-state index < -0.39 is 10.0 Å². The Bertz CT molecular complexity index is 619. The highest BCUT2D eigenvalue weighted by molar-refractivity contribution is 7.89. The quantitative estimate of drug-likeness (QED) is 0.918. The van der Waals surface area contributed by atoms with Gasteiger partial charge in [-0.1, -0.05) is 12.1 Å². The summed E-state index contributed by atoms with van der Waals surface area (Å²) in [6.07, 6.45) is 0. The van der Waals surface area contributed by atoms with E-state index in [9.17, 15) is 8.42 Å². The molecular weight excluding hydrogens is 280 g/mol. The molecule has 0 bridgehead atoms.